The Hall–Kier alpha value is -0.610. The lowest BCUT2D eigenvalue weighted by Gasteiger charge is -2.30. The van der Waals surface area contributed by atoms with Crippen molar-refractivity contribution in [2.45, 2.75) is 36.9 Å². The van der Waals surface area contributed by atoms with Crippen LogP contribution in [0.1, 0.15) is 12.0 Å². The summed E-state index contributed by atoms with van der Waals surface area (Å²) in [6.45, 7) is 1.19. The van der Waals surface area contributed by atoms with Crippen molar-refractivity contribution in [1.29, 1.82) is 0 Å². The molecule has 1 aromatic carbocycles. The van der Waals surface area contributed by atoms with Gasteiger partial charge in [-0.3, -0.25) is 0 Å². The predicted molar refractivity (Wildman–Crippen MR) is 63.9 cm³/mol. The van der Waals surface area contributed by atoms with Crippen molar-refractivity contribution in [3.05, 3.63) is 35.9 Å². The first-order valence-electron chi connectivity index (χ1n) is 5.89. The molecule has 2 aliphatic heterocycles. The summed E-state index contributed by atoms with van der Waals surface area (Å²) in [5.74, 6) is 0. The summed E-state index contributed by atoms with van der Waals surface area (Å²) in [5, 5.41) is -0.102. The van der Waals surface area contributed by atoms with E-state index in [1.54, 1.807) is 0 Å². The van der Waals surface area contributed by atoms with E-state index in [1.807, 2.05) is 18.2 Å². The maximum Gasteiger partial charge on any atom is 0.174 e. The molecule has 0 spiro atoms. The summed E-state index contributed by atoms with van der Waals surface area (Å²) in [5.41, 5.74) is 1.17. The second-order valence-corrected chi connectivity index (χ2v) is 5.02. The zero-order chi connectivity index (χ0) is 11.7. The lowest BCUT2D eigenvalue weighted by Crippen LogP contribution is -2.41. The molecule has 3 rings (SSSR count). The fourth-order valence-electron chi connectivity index (χ4n) is 2.26. The molecule has 0 unspecified atom stereocenters. The minimum absolute atomic E-state index is 0.0384. The van der Waals surface area contributed by atoms with Gasteiger partial charge in [0.2, 0.25) is 0 Å². The van der Waals surface area contributed by atoms with Crippen LogP contribution in [0.5, 0.6) is 0 Å². The van der Waals surface area contributed by atoms with Gasteiger partial charge in [-0.2, -0.15) is 0 Å². The average molecular weight is 255 g/mol. The Morgan fingerprint density at radius 2 is 2.12 bits per heavy atom. The van der Waals surface area contributed by atoms with Gasteiger partial charge >= 0.3 is 0 Å². The maximum absolute atomic E-state index is 6.16. The number of hydrogen-bond acceptors (Lipinski definition) is 3. The molecule has 2 fully saturated rings. The summed E-state index contributed by atoms with van der Waals surface area (Å²) in [6, 6.07) is 10.1. The van der Waals surface area contributed by atoms with E-state index in [2.05, 4.69) is 12.1 Å². The number of hydrogen-bond donors (Lipinski definition) is 0. The van der Waals surface area contributed by atoms with Gasteiger partial charge in [-0.1, -0.05) is 30.3 Å². The molecule has 1 aromatic rings. The first kappa shape index (κ1) is 11.5. The number of ether oxygens (including phenoxy) is 3. The van der Waals surface area contributed by atoms with Crippen molar-refractivity contribution >= 4 is 11.6 Å². The number of halogens is 1. The van der Waals surface area contributed by atoms with Crippen molar-refractivity contribution in [2.24, 2.45) is 0 Å². The summed E-state index contributed by atoms with van der Waals surface area (Å²) < 4.78 is 16.9. The van der Waals surface area contributed by atoms with Crippen LogP contribution in [0.2, 0.25) is 0 Å². The highest BCUT2D eigenvalue weighted by molar-refractivity contribution is 6.21. The van der Waals surface area contributed by atoms with Gasteiger partial charge in [0.1, 0.15) is 6.10 Å². The van der Waals surface area contributed by atoms with Crippen LogP contribution in [-0.4, -0.2) is 30.5 Å². The molecule has 0 saturated carbocycles. The highest BCUT2D eigenvalue weighted by atomic mass is 35.5. The van der Waals surface area contributed by atoms with Crippen LogP contribution in [0, 0.1) is 0 Å². The van der Waals surface area contributed by atoms with Gasteiger partial charge in [-0.15, -0.1) is 11.6 Å². The molecule has 4 atom stereocenters. The van der Waals surface area contributed by atoms with E-state index >= 15 is 0 Å². The smallest absolute Gasteiger partial charge is 0.174 e. The summed E-state index contributed by atoms with van der Waals surface area (Å²) in [7, 11) is 0. The Kier molecular flexibility index (Phi) is 3.34. The Morgan fingerprint density at radius 3 is 2.94 bits per heavy atom. The molecule has 17 heavy (non-hydrogen) atoms. The van der Waals surface area contributed by atoms with Crippen molar-refractivity contribution in [3.63, 3.8) is 0 Å². The molecule has 2 saturated heterocycles. The average Bonchev–Trinajstić information content (AvgIpc) is 2.80. The lowest BCUT2D eigenvalue weighted by molar-refractivity contribution is -0.135. The van der Waals surface area contributed by atoms with Crippen LogP contribution >= 0.6 is 11.6 Å². The summed E-state index contributed by atoms with van der Waals surface area (Å²) >= 11 is 6.16. The standard InChI is InChI=1S/C13H15ClO3/c14-10-6-11(12-8-16-13(10)17-12)15-7-9-4-2-1-3-5-9/h1-5,10-13H,6-8H2/t10-,11+,12-,13-/m1/s1. The fourth-order valence-corrected chi connectivity index (χ4v) is 2.57. The van der Waals surface area contributed by atoms with Crippen LogP contribution in [0.3, 0.4) is 0 Å². The predicted octanol–water partition coefficient (Wildman–Crippen LogP) is 2.32. The van der Waals surface area contributed by atoms with E-state index < -0.39 is 0 Å². The number of fused-ring (bicyclic) bond motifs is 2. The Morgan fingerprint density at radius 1 is 1.29 bits per heavy atom. The highest BCUT2D eigenvalue weighted by Gasteiger charge is 2.43. The first-order chi connectivity index (χ1) is 8.33. The molecule has 2 bridgehead atoms. The van der Waals surface area contributed by atoms with Crippen LogP contribution in [0.15, 0.2) is 30.3 Å². The molecular weight excluding hydrogens is 240 g/mol. The van der Waals surface area contributed by atoms with E-state index in [9.17, 15) is 0 Å². The number of benzene rings is 1. The minimum atomic E-state index is -0.238. The molecule has 4 heteroatoms. The molecule has 3 nitrogen and oxygen atoms in total. The molecule has 0 amide bonds. The van der Waals surface area contributed by atoms with Crippen molar-refractivity contribution in [3.8, 4) is 0 Å². The fraction of sp³-hybridized carbons (Fsp3) is 0.538. The number of alkyl halides is 1. The minimum Gasteiger partial charge on any atom is -0.371 e. The third kappa shape index (κ3) is 2.47. The van der Waals surface area contributed by atoms with E-state index in [0.717, 1.165) is 6.42 Å². The summed E-state index contributed by atoms with van der Waals surface area (Å²) in [6.07, 6.45) is 0.636. The Balaban J connectivity index is 1.58. The first-order valence-corrected chi connectivity index (χ1v) is 6.33. The Bertz CT molecular complexity index is 370. The molecule has 92 valence electrons. The maximum atomic E-state index is 6.16. The van der Waals surface area contributed by atoms with Crippen molar-refractivity contribution in [1.82, 2.24) is 0 Å². The second kappa shape index (κ2) is 4.94. The molecule has 0 aromatic heterocycles. The molecule has 2 aliphatic rings. The van der Waals surface area contributed by atoms with Crippen LogP contribution in [-0.2, 0) is 20.8 Å². The second-order valence-electron chi connectivity index (χ2n) is 4.46. The molecule has 2 heterocycles. The highest BCUT2D eigenvalue weighted by Crippen LogP contribution is 2.32. The molecular formula is C13H15ClO3. The van der Waals surface area contributed by atoms with E-state index in [-0.39, 0.29) is 23.9 Å². The van der Waals surface area contributed by atoms with Crippen molar-refractivity contribution < 1.29 is 14.2 Å². The quantitative estimate of drug-likeness (QED) is 0.775. The van der Waals surface area contributed by atoms with Gasteiger partial charge in [0.15, 0.2) is 6.29 Å². The van der Waals surface area contributed by atoms with E-state index in [1.165, 1.54) is 5.56 Å². The van der Waals surface area contributed by atoms with Gasteiger partial charge in [-0.05, 0) is 12.0 Å². The van der Waals surface area contributed by atoms with Gasteiger partial charge in [0.05, 0.1) is 24.7 Å². The SMILES string of the molecule is Cl[C@@H]1C[C@H](OCc2ccccc2)[C@H]2CO[C@@H]1O2. The molecule has 0 N–H and O–H groups in total. The van der Waals surface area contributed by atoms with Gasteiger partial charge in [0.25, 0.3) is 0 Å². The summed E-state index contributed by atoms with van der Waals surface area (Å²) in [4.78, 5) is 0. The van der Waals surface area contributed by atoms with E-state index in [0.29, 0.717) is 13.2 Å². The molecule has 0 aliphatic carbocycles. The third-order valence-electron chi connectivity index (χ3n) is 3.21. The van der Waals surface area contributed by atoms with Gasteiger partial charge < -0.3 is 14.2 Å². The lowest BCUT2D eigenvalue weighted by atomic mass is 10.1. The Labute approximate surface area is 106 Å². The van der Waals surface area contributed by atoms with Crippen LogP contribution in [0.4, 0.5) is 0 Å². The third-order valence-corrected chi connectivity index (χ3v) is 3.59. The zero-order valence-corrected chi connectivity index (χ0v) is 10.2. The normalized spacial score (nSPS) is 36.1. The van der Waals surface area contributed by atoms with E-state index in [4.69, 9.17) is 25.8 Å². The number of rotatable bonds is 3. The monoisotopic (exact) mass is 254 g/mol. The van der Waals surface area contributed by atoms with Gasteiger partial charge in [-0.25, -0.2) is 0 Å². The van der Waals surface area contributed by atoms with Crippen LogP contribution < -0.4 is 0 Å². The topological polar surface area (TPSA) is 27.7 Å². The zero-order valence-electron chi connectivity index (χ0n) is 9.42. The van der Waals surface area contributed by atoms with Crippen LogP contribution in [0.25, 0.3) is 0 Å². The van der Waals surface area contributed by atoms with Gasteiger partial charge in [0, 0.05) is 0 Å². The largest absolute Gasteiger partial charge is 0.371 e. The van der Waals surface area contributed by atoms with Crippen molar-refractivity contribution in [2.75, 3.05) is 6.61 Å². The molecule has 0 radical (unpaired) electrons.